The summed E-state index contributed by atoms with van der Waals surface area (Å²) in [5.41, 5.74) is 2.21. The molecule has 112 valence electrons. The maximum atomic E-state index is 10.3. The fourth-order valence-corrected chi connectivity index (χ4v) is 1.66. The molecule has 0 saturated carbocycles. The van der Waals surface area contributed by atoms with Crippen LogP contribution in [0.4, 0.5) is 11.6 Å². The van der Waals surface area contributed by atoms with Crippen LogP contribution >= 0.6 is 0 Å². The molecular weight excluding hydrogens is 282 g/mol. The number of aryl methyl sites for hydroxylation is 1. The number of aromatic nitrogens is 2. The molecule has 0 radical (unpaired) electrons. The van der Waals surface area contributed by atoms with Crippen LogP contribution in [0.25, 0.3) is 0 Å². The van der Waals surface area contributed by atoms with Crippen molar-refractivity contribution < 1.29 is 14.6 Å². The molecule has 2 rings (SSSR count). The van der Waals surface area contributed by atoms with E-state index in [1.165, 1.54) is 0 Å². The number of anilines is 2. The lowest BCUT2D eigenvalue weighted by Gasteiger charge is -2.05. The zero-order valence-electron chi connectivity index (χ0n) is 12.0. The summed E-state index contributed by atoms with van der Waals surface area (Å²) in [6.07, 6.45) is 0. The third-order valence-electron chi connectivity index (χ3n) is 2.50. The predicted octanol–water partition coefficient (Wildman–Crippen LogP) is 1.98. The molecule has 0 atom stereocenters. The molecule has 2 aromatic rings. The molecule has 0 spiro atoms. The van der Waals surface area contributed by atoms with Gasteiger partial charge in [-0.25, -0.2) is 14.8 Å². The smallest absolute Gasteiger partial charge is 0.329 e. The van der Waals surface area contributed by atoms with Crippen molar-refractivity contribution in [3.63, 3.8) is 0 Å². The molecule has 0 unspecified atom stereocenters. The summed E-state index contributed by atoms with van der Waals surface area (Å²) >= 11 is 0. The largest absolute Gasteiger partial charge is 0.480 e. The minimum atomic E-state index is -1.02. The Morgan fingerprint density at radius 3 is 2.82 bits per heavy atom. The average molecular weight is 297 g/mol. The topological polar surface area (TPSA) is 84.3 Å². The molecule has 1 aromatic carbocycles. The summed E-state index contributed by atoms with van der Waals surface area (Å²) in [6, 6.07) is 11.3. The second kappa shape index (κ2) is 7.76. The number of carboxylic acid groups (broad SMARTS) is 1. The molecule has 1 aromatic heterocycles. The number of carbonyl (C=O) groups is 1. The Morgan fingerprint density at radius 2 is 2.09 bits per heavy atom. The van der Waals surface area contributed by atoms with Gasteiger partial charge in [0.2, 0.25) is 5.95 Å². The first-order chi connectivity index (χ1) is 10.6. The highest BCUT2D eigenvalue weighted by Gasteiger charge is 2.01. The van der Waals surface area contributed by atoms with Crippen molar-refractivity contribution in [3.8, 4) is 11.8 Å². The Morgan fingerprint density at radius 1 is 1.32 bits per heavy atom. The van der Waals surface area contributed by atoms with E-state index in [2.05, 4.69) is 27.1 Å². The highest BCUT2D eigenvalue weighted by atomic mass is 16.5. The summed E-state index contributed by atoms with van der Waals surface area (Å²) in [5.74, 6) is 4.99. The summed E-state index contributed by atoms with van der Waals surface area (Å²) in [6.45, 7) is 1.53. The second-order valence-electron chi connectivity index (χ2n) is 4.40. The summed E-state index contributed by atoms with van der Waals surface area (Å²) in [7, 11) is 0. The Balaban J connectivity index is 2.04. The van der Waals surface area contributed by atoms with Gasteiger partial charge in [-0.05, 0) is 31.0 Å². The molecule has 2 N–H and O–H groups in total. The molecular formula is C16H15N3O3. The number of carboxylic acids is 1. The van der Waals surface area contributed by atoms with Crippen molar-refractivity contribution >= 4 is 17.6 Å². The van der Waals surface area contributed by atoms with Crippen molar-refractivity contribution in [2.45, 2.75) is 6.92 Å². The predicted molar refractivity (Wildman–Crippen MR) is 81.8 cm³/mol. The molecule has 22 heavy (non-hydrogen) atoms. The third kappa shape index (κ3) is 5.23. The monoisotopic (exact) mass is 297 g/mol. The van der Waals surface area contributed by atoms with Crippen LogP contribution in [-0.4, -0.2) is 34.3 Å². The quantitative estimate of drug-likeness (QED) is 0.648. The molecule has 1 heterocycles. The highest BCUT2D eigenvalue weighted by molar-refractivity contribution is 5.68. The van der Waals surface area contributed by atoms with Crippen LogP contribution in [0.1, 0.15) is 11.4 Å². The van der Waals surface area contributed by atoms with Crippen molar-refractivity contribution in [2.24, 2.45) is 0 Å². The molecule has 0 aliphatic rings. The van der Waals surface area contributed by atoms with Gasteiger partial charge in [0.05, 0.1) is 0 Å². The minimum absolute atomic E-state index is 0.0385. The average Bonchev–Trinajstić information content (AvgIpc) is 2.47. The molecule has 0 fully saturated rings. The Bertz CT molecular complexity index is 706. The van der Waals surface area contributed by atoms with Crippen LogP contribution in [0, 0.1) is 18.8 Å². The Hall–Kier alpha value is -2.91. The highest BCUT2D eigenvalue weighted by Crippen LogP contribution is 2.12. The fourth-order valence-electron chi connectivity index (χ4n) is 1.66. The molecule has 0 amide bonds. The summed E-state index contributed by atoms with van der Waals surface area (Å²) in [4.78, 5) is 18.9. The number of aliphatic carboxylic acids is 1. The van der Waals surface area contributed by atoms with E-state index in [0.717, 1.165) is 11.4 Å². The number of ether oxygens (including phenoxy) is 1. The lowest BCUT2D eigenvalue weighted by atomic mass is 10.3. The molecule has 0 saturated heterocycles. The third-order valence-corrected chi connectivity index (χ3v) is 2.50. The molecule has 0 aliphatic heterocycles. The number of rotatable bonds is 5. The van der Waals surface area contributed by atoms with Gasteiger partial charge in [-0.15, -0.1) is 0 Å². The van der Waals surface area contributed by atoms with E-state index < -0.39 is 5.97 Å². The number of nitrogens with one attached hydrogen (secondary N) is 1. The van der Waals surface area contributed by atoms with Crippen LogP contribution < -0.4 is 5.32 Å². The zero-order valence-corrected chi connectivity index (χ0v) is 12.0. The number of nitrogens with zero attached hydrogens (tertiary/aromatic N) is 2. The van der Waals surface area contributed by atoms with Crippen molar-refractivity contribution in [1.82, 2.24) is 9.97 Å². The SMILES string of the molecule is Cc1cc(C#CCOCC(=O)O)nc(Nc2ccccc2)n1. The lowest BCUT2D eigenvalue weighted by Crippen LogP contribution is -2.06. The number of para-hydroxylation sites is 1. The lowest BCUT2D eigenvalue weighted by molar-refractivity contribution is -0.141. The molecule has 0 aliphatic carbocycles. The number of benzene rings is 1. The van der Waals surface area contributed by atoms with Crippen LogP contribution in [-0.2, 0) is 9.53 Å². The van der Waals surface area contributed by atoms with E-state index >= 15 is 0 Å². The first kappa shape index (κ1) is 15.5. The van der Waals surface area contributed by atoms with E-state index in [9.17, 15) is 4.79 Å². The van der Waals surface area contributed by atoms with Gasteiger partial charge in [0.1, 0.15) is 18.9 Å². The Labute approximate surface area is 128 Å². The first-order valence-electron chi connectivity index (χ1n) is 6.59. The van der Waals surface area contributed by atoms with Gasteiger partial charge in [-0.3, -0.25) is 0 Å². The second-order valence-corrected chi connectivity index (χ2v) is 4.40. The Kier molecular flexibility index (Phi) is 5.46. The number of hydrogen-bond acceptors (Lipinski definition) is 5. The van der Waals surface area contributed by atoms with Crippen molar-refractivity contribution in [3.05, 3.63) is 47.8 Å². The maximum absolute atomic E-state index is 10.3. The molecule has 6 heteroatoms. The van der Waals surface area contributed by atoms with E-state index in [1.54, 1.807) is 6.07 Å². The van der Waals surface area contributed by atoms with Gasteiger partial charge >= 0.3 is 5.97 Å². The minimum Gasteiger partial charge on any atom is -0.480 e. The number of hydrogen-bond donors (Lipinski definition) is 2. The van der Waals surface area contributed by atoms with Gasteiger partial charge < -0.3 is 15.2 Å². The van der Waals surface area contributed by atoms with Crippen molar-refractivity contribution in [2.75, 3.05) is 18.5 Å². The van der Waals surface area contributed by atoms with Gasteiger partial charge in [0, 0.05) is 11.4 Å². The van der Waals surface area contributed by atoms with E-state index in [4.69, 9.17) is 9.84 Å². The van der Waals surface area contributed by atoms with Gasteiger partial charge in [0.15, 0.2) is 0 Å². The first-order valence-corrected chi connectivity index (χ1v) is 6.59. The van der Waals surface area contributed by atoms with Crippen LogP contribution in [0.3, 0.4) is 0 Å². The molecule has 6 nitrogen and oxygen atoms in total. The normalized spacial score (nSPS) is 9.68. The zero-order chi connectivity index (χ0) is 15.8. The standard InChI is InChI=1S/C16H15N3O3/c1-12-10-14(8-5-9-22-11-15(20)21)19-16(17-12)18-13-6-3-2-4-7-13/h2-4,6-7,10H,9,11H2,1H3,(H,20,21)(H,17,18,19). The van der Waals surface area contributed by atoms with Crippen molar-refractivity contribution in [1.29, 1.82) is 0 Å². The maximum Gasteiger partial charge on any atom is 0.329 e. The van der Waals surface area contributed by atoms with Gasteiger partial charge in [-0.1, -0.05) is 24.1 Å². The van der Waals surface area contributed by atoms with Crippen LogP contribution in [0.5, 0.6) is 0 Å². The summed E-state index contributed by atoms with van der Waals surface area (Å²) < 4.78 is 4.84. The van der Waals surface area contributed by atoms with Gasteiger partial charge in [0.25, 0.3) is 0 Å². The van der Waals surface area contributed by atoms with E-state index in [-0.39, 0.29) is 13.2 Å². The van der Waals surface area contributed by atoms with Gasteiger partial charge in [-0.2, -0.15) is 0 Å². The van der Waals surface area contributed by atoms with Crippen LogP contribution in [0.15, 0.2) is 36.4 Å². The van der Waals surface area contributed by atoms with E-state index in [1.807, 2.05) is 37.3 Å². The van der Waals surface area contributed by atoms with E-state index in [0.29, 0.717) is 11.6 Å². The molecule has 0 bridgehead atoms. The summed E-state index contributed by atoms with van der Waals surface area (Å²) in [5, 5.41) is 11.5. The van der Waals surface area contributed by atoms with Crippen LogP contribution in [0.2, 0.25) is 0 Å². The fraction of sp³-hybridized carbons (Fsp3) is 0.188.